The molecule has 1 aromatic rings. The molecule has 112 valence electrons. The van der Waals surface area contributed by atoms with Gasteiger partial charge >= 0.3 is 6.18 Å². The Morgan fingerprint density at radius 3 is 2.40 bits per heavy atom. The van der Waals surface area contributed by atoms with Gasteiger partial charge in [0.25, 0.3) is 5.69 Å². The van der Waals surface area contributed by atoms with Crippen LogP contribution >= 0.6 is 0 Å². The van der Waals surface area contributed by atoms with Crippen LogP contribution < -0.4 is 5.32 Å². The minimum Gasteiger partial charge on any atom is -0.394 e. The highest BCUT2D eigenvalue weighted by Gasteiger charge is 2.33. The topological polar surface area (TPSA) is 75.4 Å². The molecule has 0 saturated carbocycles. The van der Waals surface area contributed by atoms with Crippen molar-refractivity contribution in [2.24, 2.45) is 5.92 Å². The highest BCUT2D eigenvalue weighted by atomic mass is 19.4. The van der Waals surface area contributed by atoms with Crippen LogP contribution in [0.4, 0.5) is 24.5 Å². The second kappa shape index (κ2) is 6.08. The van der Waals surface area contributed by atoms with Crippen molar-refractivity contribution in [1.29, 1.82) is 0 Å². The second-order valence-electron chi connectivity index (χ2n) is 4.66. The van der Waals surface area contributed by atoms with E-state index in [9.17, 15) is 23.3 Å². The molecule has 0 aliphatic rings. The predicted molar refractivity (Wildman–Crippen MR) is 67.4 cm³/mol. The number of anilines is 1. The summed E-state index contributed by atoms with van der Waals surface area (Å²) >= 11 is 0. The highest BCUT2D eigenvalue weighted by molar-refractivity contribution is 5.63. The molecule has 0 aromatic heterocycles. The lowest BCUT2D eigenvalue weighted by Gasteiger charge is -2.21. The first-order chi connectivity index (χ1) is 9.16. The Morgan fingerprint density at radius 2 is 2.00 bits per heavy atom. The molecule has 5 nitrogen and oxygen atoms in total. The number of nitro groups is 1. The first kappa shape index (κ1) is 16.2. The number of halogens is 3. The molecule has 1 aromatic carbocycles. The van der Waals surface area contributed by atoms with Crippen LogP contribution in [0.1, 0.15) is 19.4 Å². The molecule has 1 rings (SSSR count). The van der Waals surface area contributed by atoms with Crippen LogP contribution in [-0.4, -0.2) is 22.7 Å². The van der Waals surface area contributed by atoms with E-state index >= 15 is 0 Å². The zero-order valence-electron chi connectivity index (χ0n) is 10.9. The molecule has 0 fully saturated rings. The number of aliphatic hydroxyl groups excluding tert-OH is 1. The number of hydrogen-bond donors (Lipinski definition) is 2. The molecule has 0 aliphatic heterocycles. The van der Waals surface area contributed by atoms with Gasteiger partial charge in [0.05, 0.1) is 23.1 Å². The van der Waals surface area contributed by atoms with E-state index in [1.54, 1.807) is 13.8 Å². The lowest BCUT2D eigenvalue weighted by atomic mass is 10.0. The summed E-state index contributed by atoms with van der Waals surface area (Å²) in [6, 6.07) is 1.78. The maximum Gasteiger partial charge on any atom is 0.416 e. The molecule has 0 heterocycles. The molecule has 0 unspecified atom stereocenters. The van der Waals surface area contributed by atoms with Crippen molar-refractivity contribution < 1.29 is 23.2 Å². The van der Waals surface area contributed by atoms with Gasteiger partial charge in [-0.2, -0.15) is 13.2 Å². The van der Waals surface area contributed by atoms with Gasteiger partial charge in [0, 0.05) is 6.07 Å². The van der Waals surface area contributed by atoms with Gasteiger partial charge in [0.15, 0.2) is 0 Å². The summed E-state index contributed by atoms with van der Waals surface area (Å²) in [7, 11) is 0. The van der Waals surface area contributed by atoms with Crippen molar-refractivity contribution >= 4 is 11.4 Å². The summed E-state index contributed by atoms with van der Waals surface area (Å²) in [5.41, 5.74) is -1.80. The average Bonchev–Trinajstić information content (AvgIpc) is 2.34. The van der Waals surface area contributed by atoms with Gasteiger partial charge in [-0.05, 0) is 18.1 Å². The minimum absolute atomic E-state index is 0.0399. The largest absolute Gasteiger partial charge is 0.416 e. The fourth-order valence-electron chi connectivity index (χ4n) is 1.60. The zero-order chi connectivity index (χ0) is 15.5. The van der Waals surface area contributed by atoms with Crippen molar-refractivity contribution in [2.75, 3.05) is 11.9 Å². The third-order valence-corrected chi connectivity index (χ3v) is 2.86. The van der Waals surface area contributed by atoms with Crippen molar-refractivity contribution in [3.63, 3.8) is 0 Å². The van der Waals surface area contributed by atoms with E-state index in [2.05, 4.69) is 5.32 Å². The average molecular weight is 292 g/mol. The van der Waals surface area contributed by atoms with Crippen LogP contribution in [0, 0.1) is 16.0 Å². The molecule has 0 saturated heterocycles. The summed E-state index contributed by atoms with van der Waals surface area (Å²) in [5, 5.41) is 22.7. The lowest BCUT2D eigenvalue weighted by Crippen LogP contribution is -2.29. The van der Waals surface area contributed by atoms with Crippen molar-refractivity contribution in [2.45, 2.75) is 26.1 Å². The van der Waals surface area contributed by atoms with Crippen LogP contribution in [0.15, 0.2) is 18.2 Å². The first-order valence-corrected chi connectivity index (χ1v) is 5.89. The monoisotopic (exact) mass is 292 g/mol. The summed E-state index contributed by atoms with van der Waals surface area (Å²) < 4.78 is 37.6. The molecule has 8 heteroatoms. The number of aliphatic hydroxyl groups is 1. The summed E-state index contributed by atoms with van der Waals surface area (Å²) in [6.45, 7) is 3.28. The predicted octanol–water partition coefficient (Wildman–Crippen LogP) is 3.04. The van der Waals surface area contributed by atoms with E-state index in [4.69, 9.17) is 5.11 Å². The first-order valence-electron chi connectivity index (χ1n) is 5.89. The number of nitrogens with one attached hydrogen (secondary N) is 1. The SMILES string of the molecule is CC(C)[C@@H](CO)Nc1ccc(C(F)(F)F)cc1[N+](=O)[O-]. The Kier molecular flexibility index (Phi) is 4.93. The fourth-order valence-corrected chi connectivity index (χ4v) is 1.60. The summed E-state index contributed by atoms with van der Waals surface area (Å²) in [4.78, 5) is 9.99. The van der Waals surface area contributed by atoms with Crippen LogP contribution in [0.3, 0.4) is 0 Å². The third kappa shape index (κ3) is 3.83. The van der Waals surface area contributed by atoms with E-state index < -0.39 is 28.4 Å². The van der Waals surface area contributed by atoms with Gasteiger partial charge in [0.2, 0.25) is 0 Å². The number of hydrogen-bond acceptors (Lipinski definition) is 4. The van der Waals surface area contributed by atoms with E-state index in [0.29, 0.717) is 6.07 Å². The van der Waals surface area contributed by atoms with Crippen LogP contribution in [0.5, 0.6) is 0 Å². The molecule has 0 bridgehead atoms. The van der Waals surface area contributed by atoms with Crippen LogP contribution in [0.25, 0.3) is 0 Å². The Labute approximate surface area is 113 Å². The fraction of sp³-hybridized carbons (Fsp3) is 0.500. The normalized spacial score (nSPS) is 13.3. The molecule has 0 aliphatic carbocycles. The van der Waals surface area contributed by atoms with E-state index in [1.165, 1.54) is 0 Å². The molecule has 20 heavy (non-hydrogen) atoms. The van der Waals surface area contributed by atoms with E-state index in [-0.39, 0.29) is 18.2 Å². The third-order valence-electron chi connectivity index (χ3n) is 2.86. The van der Waals surface area contributed by atoms with Gasteiger partial charge in [-0.15, -0.1) is 0 Å². The van der Waals surface area contributed by atoms with Crippen molar-refractivity contribution in [1.82, 2.24) is 0 Å². The number of nitro benzene ring substituents is 1. The van der Waals surface area contributed by atoms with Crippen LogP contribution in [-0.2, 0) is 6.18 Å². The van der Waals surface area contributed by atoms with Gasteiger partial charge in [-0.1, -0.05) is 13.8 Å². The van der Waals surface area contributed by atoms with Crippen molar-refractivity contribution in [3.8, 4) is 0 Å². The number of rotatable bonds is 5. The Morgan fingerprint density at radius 1 is 1.40 bits per heavy atom. The second-order valence-corrected chi connectivity index (χ2v) is 4.66. The van der Waals surface area contributed by atoms with Crippen LogP contribution in [0.2, 0.25) is 0 Å². The maximum absolute atomic E-state index is 12.5. The molecular formula is C12H15F3N2O3. The maximum atomic E-state index is 12.5. The molecule has 0 radical (unpaired) electrons. The quantitative estimate of drug-likeness (QED) is 0.646. The Bertz CT molecular complexity index is 489. The molecular weight excluding hydrogens is 277 g/mol. The van der Waals surface area contributed by atoms with Gasteiger partial charge in [0.1, 0.15) is 5.69 Å². The number of alkyl halides is 3. The standard InChI is InChI=1S/C12H15F3N2O3/c1-7(2)10(6-18)16-9-4-3-8(12(13,14)15)5-11(9)17(19)20/h3-5,7,10,16,18H,6H2,1-2H3/t10-/m1/s1. The molecule has 1 atom stereocenters. The smallest absolute Gasteiger partial charge is 0.394 e. The minimum atomic E-state index is -4.64. The molecule has 0 spiro atoms. The summed E-state index contributed by atoms with van der Waals surface area (Å²) in [6.07, 6.45) is -4.64. The Balaban J connectivity index is 3.17. The van der Waals surface area contributed by atoms with Gasteiger partial charge < -0.3 is 10.4 Å². The Hall–Kier alpha value is -1.83. The van der Waals surface area contributed by atoms with Gasteiger partial charge in [-0.3, -0.25) is 10.1 Å². The molecule has 0 amide bonds. The lowest BCUT2D eigenvalue weighted by molar-refractivity contribution is -0.384. The highest BCUT2D eigenvalue weighted by Crippen LogP contribution is 2.35. The molecule has 2 N–H and O–H groups in total. The van der Waals surface area contributed by atoms with Crippen molar-refractivity contribution in [3.05, 3.63) is 33.9 Å². The number of nitrogens with zero attached hydrogens (tertiary/aromatic N) is 1. The number of benzene rings is 1. The van der Waals surface area contributed by atoms with Gasteiger partial charge in [-0.25, -0.2) is 0 Å². The zero-order valence-corrected chi connectivity index (χ0v) is 10.9. The van der Waals surface area contributed by atoms with E-state index in [0.717, 1.165) is 12.1 Å². The summed E-state index contributed by atoms with van der Waals surface area (Å²) in [5.74, 6) is -0.0399. The van der Waals surface area contributed by atoms with E-state index in [1.807, 2.05) is 0 Å².